The smallest absolute Gasteiger partial charge is 0.257 e. The number of rotatable bonds is 7. The van der Waals surface area contributed by atoms with Crippen molar-refractivity contribution < 1.29 is 9.90 Å². The van der Waals surface area contributed by atoms with Crippen LogP contribution in [-0.4, -0.2) is 51.9 Å². The lowest BCUT2D eigenvalue weighted by Gasteiger charge is -2.17. The van der Waals surface area contributed by atoms with Crippen molar-refractivity contribution in [3.63, 3.8) is 0 Å². The number of nitrogens with zero attached hydrogens (tertiary/aromatic N) is 3. The predicted molar refractivity (Wildman–Crippen MR) is 73.9 cm³/mol. The summed E-state index contributed by atoms with van der Waals surface area (Å²) < 4.78 is 1.81. The predicted octanol–water partition coefficient (Wildman–Crippen LogP) is 0.383. The number of carbonyl (C=O) groups is 1. The van der Waals surface area contributed by atoms with Crippen LogP contribution in [0.25, 0.3) is 0 Å². The Hall–Kier alpha value is -1.40. The molecule has 0 spiro atoms. The minimum Gasteiger partial charge on any atom is -0.393 e. The monoisotopic (exact) mass is 268 g/mol. The van der Waals surface area contributed by atoms with Crippen LogP contribution in [0.4, 0.5) is 0 Å². The highest BCUT2D eigenvalue weighted by Gasteiger charge is 2.18. The maximum absolute atomic E-state index is 12.2. The molecule has 1 rings (SSSR count). The maximum Gasteiger partial charge on any atom is 0.257 e. The Bertz CT molecular complexity index is 415. The molecule has 6 heteroatoms. The van der Waals surface area contributed by atoms with Crippen LogP contribution in [0, 0.1) is 6.92 Å². The first kappa shape index (κ1) is 15.7. The second-order valence-electron chi connectivity index (χ2n) is 4.87. The zero-order valence-corrected chi connectivity index (χ0v) is 12.0. The largest absolute Gasteiger partial charge is 0.393 e. The molecule has 0 saturated heterocycles. The molecule has 0 aliphatic carbocycles. The molecule has 6 nitrogen and oxygen atoms in total. The Labute approximate surface area is 114 Å². The highest BCUT2D eigenvalue weighted by atomic mass is 16.3. The third-order valence-electron chi connectivity index (χ3n) is 3.14. The van der Waals surface area contributed by atoms with Crippen molar-refractivity contribution in [2.24, 2.45) is 5.73 Å². The fraction of sp³-hybridized carbons (Fsp3) is 0.692. The number of hydrogen-bond acceptors (Lipinski definition) is 4. The summed E-state index contributed by atoms with van der Waals surface area (Å²) in [4.78, 5) is 13.8. The van der Waals surface area contributed by atoms with Crippen LogP contribution in [0.15, 0.2) is 6.20 Å². The van der Waals surface area contributed by atoms with Crippen LogP contribution in [0.2, 0.25) is 0 Å². The van der Waals surface area contributed by atoms with Crippen LogP contribution in [0.5, 0.6) is 0 Å². The van der Waals surface area contributed by atoms with Gasteiger partial charge in [-0.05, 0) is 33.2 Å². The first-order valence-electron chi connectivity index (χ1n) is 6.63. The van der Waals surface area contributed by atoms with E-state index in [1.54, 1.807) is 25.1 Å². The average molecular weight is 268 g/mol. The van der Waals surface area contributed by atoms with Gasteiger partial charge in [0.05, 0.1) is 17.9 Å². The van der Waals surface area contributed by atoms with Gasteiger partial charge in [0, 0.05) is 25.8 Å². The van der Waals surface area contributed by atoms with Crippen LogP contribution in [0.3, 0.4) is 0 Å². The van der Waals surface area contributed by atoms with E-state index in [1.807, 2.05) is 11.6 Å². The molecule has 0 saturated carbocycles. The molecule has 0 radical (unpaired) electrons. The summed E-state index contributed by atoms with van der Waals surface area (Å²) in [7, 11) is 1.74. The summed E-state index contributed by atoms with van der Waals surface area (Å²) in [6, 6.07) is 0. The molecule has 19 heavy (non-hydrogen) atoms. The zero-order chi connectivity index (χ0) is 14.4. The summed E-state index contributed by atoms with van der Waals surface area (Å²) >= 11 is 0. The molecule has 0 aliphatic heterocycles. The van der Waals surface area contributed by atoms with E-state index in [0.717, 1.165) is 18.7 Å². The standard InChI is InChI=1S/C13H24N4O2/c1-10(18)5-8-16(3)13(19)12-9-15-17(11(12)2)7-4-6-14/h9-10,18H,4-8,14H2,1-3H3. The minimum absolute atomic E-state index is 0.0582. The molecule has 0 fully saturated rings. The fourth-order valence-corrected chi connectivity index (χ4v) is 1.81. The number of nitrogens with two attached hydrogens (primary N) is 1. The van der Waals surface area contributed by atoms with Crippen molar-refractivity contribution in [1.82, 2.24) is 14.7 Å². The molecule has 1 amide bonds. The van der Waals surface area contributed by atoms with Crippen molar-refractivity contribution in [2.45, 2.75) is 39.3 Å². The van der Waals surface area contributed by atoms with E-state index in [0.29, 0.717) is 25.1 Å². The third-order valence-corrected chi connectivity index (χ3v) is 3.14. The van der Waals surface area contributed by atoms with E-state index in [2.05, 4.69) is 5.10 Å². The number of amides is 1. The lowest BCUT2D eigenvalue weighted by atomic mass is 10.2. The van der Waals surface area contributed by atoms with Gasteiger partial charge in [0.15, 0.2) is 0 Å². The van der Waals surface area contributed by atoms with Crippen LogP contribution in [-0.2, 0) is 6.54 Å². The van der Waals surface area contributed by atoms with Crippen LogP contribution >= 0.6 is 0 Å². The van der Waals surface area contributed by atoms with E-state index in [1.165, 1.54) is 0 Å². The number of aryl methyl sites for hydroxylation is 1. The van der Waals surface area contributed by atoms with E-state index >= 15 is 0 Å². The van der Waals surface area contributed by atoms with E-state index in [-0.39, 0.29) is 5.91 Å². The van der Waals surface area contributed by atoms with E-state index in [4.69, 9.17) is 5.73 Å². The van der Waals surface area contributed by atoms with Crippen molar-refractivity contribution in [2.75, 3.05) is 20.1 Å². The average Bonchev–Trinajstić information content (AvgIpc) is 2.73. The van der Waals surface area contributed by atoms with Crippen molar-refractivity contribution in [3.05, 3.63) is 17.5 Å². The van der Waals surface area contributed by atoms with Crippen molar-refractivity contribution >= 4 is 5.91 Å². The molecular formula is C13H24N4O2. The molecule has 3 N–H and O–H groups in total. The van der Waals surface area contributed by atoms with Gasteiger partial charge in [0.1, 0.15) is 0 Å². The number of aliphatic hydroxyl groups excluding tert-OH is 1. The molecule has 0 aromatic carbocycles. The summed E-state index contributed by atoms with van der Waals surface area (Å²) in [6.45, 7) is 5.47. The topological polar surface area (TPSA) is 84.4 Å². The maximum atomic E-state index is 12.2. The number of hydrogen-bond donors (Lipinski definition) is 2. The Morgan fingerprint density at radius 1 is 1.63 bits per heavy atom. The Morgan fingerprint density at radius 2 is 2.32 bits per heavy atom. The summed E-state index contributed by atoms with van der Waals surface area (Å²) in [5.41, 5.74) is 6.95. The molecule has 1 heterocycles. The SMILES string of the molecule is Cc1c(C(=O)N(C)CCC(C)O)cnn1CCCN. The first-order valence-corrected chi connectivity index (χ1v) is 6.63. The van der Waals surface area contributed by atoms with E-state index in [9.17, 15) is 9.90 Å². The zero-order valence-electron chi connectivity index (χ0n) is 12.0. The molecule has 0 bridgehead atoms. The highest BCUT2D eigenvalue weighted by Crippen LogP contribution is 2.11. The number of carbonyl (C=O) groups excluding carboxylic acids is 1. The second kappa shape index (κ2) is 7.25. The lowest BCUT2D eigenvalue weighted by molar-refractivity contribution is 0.0768. The van der Waals surface area contributed by atoms with Gasteiger partial charge in [-0.15, -0.1) is 0 Å². The molecule has 1 unspecified atom stereocenters. The molecule has 1 aromatic heterocycles. The minimum atomic E-state index is -0.399. The number of aliphatic hydroxyl groups is 1. The molecule has 0 aliphatic rings. The Balaban J connectivity index is 2.68. The van der Waals surface area contributed by atoms with Gasteiger partial charge in [-0.1, -0.05) is 0 Å². The van der Waals surface area contributed by atoms with Gasteiger partial charge in [-0.25, -0.2) is 0 Å². The van der Waals surface area contributed by atoms with Gasteiger partial charge in [-0.3, -0.25) is 9.48 Å². The second-order valence-corrected chi connectivity index (χ2v) is 4.87. The van der Waals surface area contributed by atoms with Gasteiger partial charge in [0.25, 0.3) is 5.91 Å². The number of aromatic nitrogens is 2. The third kappa shape index (κ3) is 4.33. The molecule has 1 aromatic rings. The van der Waals surface area contributed by atoms with Gasteiger partial charge < -0.3 is 15.7 Å². The van der Waals surface area contributed by atoms with Crippen molar-refractivity contribution in [1.29, 1.82) is 0 Å². The van der Waals surface area contributed by atoms with Gasteiger partial charge in [-0.2, -0.15) is 5.10 Å². The summed E-state index contributed by atoms with van der Waals surface area (Å²) in [5.74, 6) is -0.0582. The molecular weight excluding hydrogens is 244 g/mol. The van der Waals surface area contributed by atoms with E-state index < -0.39 is 6.10 Å². The Morgan fingerprint density at radius 3 is 2.89 bits per heavy atom. The summed E-state index contributed by atoms with van der Waals surface area (Å²) in [5, 5.41) is 13.5. The van der Waals surface area contributed by atoms with Gasteiger partial charge in [0.2, 0.25) is 0 Å². The van der Waals surface area contributed by atoms with Crippen LogP contribution in [0.1, 0.15) is 35.8 Å². The van der Waals surface area contributed by atoms with Gasteiger partial charge >= 0.3 is 0 Å². The lowest BCUT2D eigenvalue weighted by Crippen LogP contribution is -2.29. The quantitative estimate of drug-likeness (QED) is 0.749. The van der Waals surface area contributed by atoms with Crippen molar-refractivity contribution in [3.8, 4) is 0 Å². The summed E-state index contributed by atoms with van der Waals surface area (Å²) in [6.07, 6.45) is 2.62. The Kier molecular flexibility index (Phi) is 5.98. The molecule has 108 valence electrons. The van der Waals surface area contributed by atoms with Crippen LogP contribution < -0.4 is 5.73 Å². The normalized spacial score (nSPS) is 12.5. The highest BCUT2D eigenvalue weighted by molar-refractivity contribution is 5.94. The first-order chi connectivity index (χ1) is 8.97. The fourth-order valence-electron chi connectivity index (χ4n) is 1.81. The molecule has 1 atom stereocenters.